The molecule has 0 aliphatic carbocycles. The van der Waals surface area contributed by atoms with Crippen LogP contribution in [0, 0.1) is 12.7 Å². The van der Waals surface area contributed by atoms with Gasteiger partial charge in [0, 0.05) is 10.9 Å². The first-order valence-corrected chi connectivity index (χ1v) is 10.6. The van der Waals surface area contributed by atoms with Crippen molar-refractivity contribution >= 4 is 17.1 Å². The Morgan fingerprint density at radius 3 is 2.73 bits per heavy atom. The molecule has 0 saturated carbocycles. The summed E-state index contributed by atoms with van der Waals surface area (Å²) in [7, 11) is 0. The molecule has 0 spiro atoms. The molecular formula is C24H19FN4O4. The Bertz CT molecular complexity index is 1390. The quantitative estimate of drug-likeness (QED) is 0.473. The molecule has 33 heavy (non-hydrogen) atoms. The van der Waals surface area contributed by atoms with Gasteiger partial charge in [0.25, 0.3) is 0 Å². The van der Waals surface area contributed by atoms with Gasteiger partial charge in [-0.05, 0) is 49.4 Å². The van der Waals surface area contributed by atoms with Gasteiger partial charge in [0.2, 0.25) is 5.88 Å². The first-order chi connectivity index (χ1) is 16.0. The number of nitrogens with zero attached hydrogens (tertiary/aromatic N) is 4. The number of hydrogen-bond acceptors (Lipinski definition) is 6. The summed E-state index contributed by atoms with van der Waals surface area (Å²) in [4.78, 5) is 18.9. The van der Waals surface area contributed by atoms with Gasteiger partial charge in [-0.1, -0.05) is 12.1 Å². The first-order valence-electron chi connectivity index (χ1n) is 10.6. The van der Waals surface area contributed by atoms with Crippen LogP contribution in [0.2, 0.25) is 0 Å². The van der Waals surface area contributed by atoms with Gasteiger partial charge in [0.05, 0.1) is 24.5 Å². The molecule has 0 N–H and O–H groups in total. The third kappa shape index (κ3) is 3.42. The number of hydrogen-bond donors (Lipinski definition) is 0. The molecule has 4 aromatic rings. The molecule has 6 rings (SSSR count). The third-order valence-corrected chi connectivity index (χ3v) is 5.75. The molecule has 0 fully saturated rings. The van der Waals surface area contributed by atoms with E-state index in [1.54, 1.807) is 21.7 Å². The molecule has 0 bridgehead atoms. The fraction of sp³-hybridized carbons (Fsp3) is 0.208. The molecule has 2 aromatic heterocycles. The molecule has 1 amide bonds. The Labute approximate surface area is 188 Å². The summed E-state index contributed by atoms with van der Waals surface area (Å²) >= 11 is 0. The highest BCUT2D eigenvalue weighted by atomic mass is 19.1. The van der Waals surface area contributed by atoms with E-state index in [1.165, 1.54) is 12.1 Å². The van der Waals surface area contributed by atoms with Crippen LogP contribution in [0.4, 0.5) is 9.18 Å². The average Bonchev–Trinajstić information content (AvgIpc) is 3.14. The molecule has 2 aromatic carbocycles. The third-order valence-electron chi connectivity index (χ3n) is 5.75. The van der Waals surface area contributed by atoms with Crippen molar-refractivity contribution in [2.45, 2.75) is 19.6 Å². The van der Waals surface area contributed by atoms with E-state index in [2.05, 4.69) is 10.1 Å². The van der Waals surface area contributed by atoms with Crippen LogP contribution in [0.3, 0.4) is 0 Å². The zero-order valence-electron chi connectivity index (χ0n) is 17.7. The van der Waals surface area contributed by atoms with Crippen molar-refractivity contribution in [3.05, 3.63) is 71.7 Å². The number of carbonyl (C=O) groups is 1. The van der Waals surface area contributed by atoms with Crippen molar-refractivity contribution in [1.82, 2.24) is 19.7 Å². The Balaban J connectivity index is 1.28. The number of benzene rings is 2. The monoisotopic (exact) mass is 446 g/mol. The summed E-state index contributed by atoms with van der Waals surface area (Å²) in [5.74, 6) is 1.27. The normalized spacial score (nSPS) is 17.1. The summed E-state index contributed by atoms with van der Waals surface area (Å²) in [6, 6.07) is 15.4. The van der Waals surface area contributed by atoms with Crippen LogP contribution in [0.25, 0.3) is 16.7 Å². The predicted octanol–water partition coefficient (Wildman–Crippen LogP) is 4.02. The second-order valence-corrected chi connectivity index (χ2v) is 8.04. The van der Waals surface area contributed by atoms with E-state index >= 15 is 0 Å². The molecule has 1 unspecified atom stereocenters. The van der Waals surface area contributed by atoms with E-state index in [-0.39, 0.29) is 17.8 Å². The Morgan fingerprint density at radius 1 is 1.12 bits per heavy atom. The Morgan fingerprint density at radius 2 is 1.91 bits per heavy atom. The number of aromatic nitrogens is 3. The molecule has 8 nitrogen and oxygen atoms in total. The molecule has 0 saturated heterocycles. The molecule has 166 valence electrons. The first kappa shape index (κ1) is 19.5. The highest BCUT2D eigenvalue weighted by Crippen LogP contribution is 2.33. The van der Waals surface area contributed by atoms with E-state index in [9.17, 15) is 9.18 Å². The summed E-state index contributed by atoms with van der Waals surface area (Å²) in [5.41, 5.74) is 2.76. The molecule has 0 radical (unpaired) electrons. The SMILES string of the molecule is Cc1nn(-c2ccc(F)cc2)c2nc3c(cc12)CN(CC1COc2ccccc2O1)C(=O)O3. The molecule has 1 atom stereocenters. The van der Waals surface area contributed by atoms with Crippen molar-refractivity contribution in [3.8, 4) is 23.1 Å². The maximum Gasteiger partial charge on any atom is 0.417 e. The number of aryl methyl sites for hydroxylation is 1. The number of para-hydroxylation sites is 2. The van der Waals surface area contributed by atoms with Gasteiger partial charge in [0.1, 0.15) is 12.4 Å². The molecule has 4 heterocycles. The zero-order chi connectivity index (χ0) is 22.5. The van der Waals surface area contributed by atoms with Crippen LogP contribution < -0.4 is 14.2 Å². The minimum Gasteiger partial charge on any atom is -0.486 e. The fourth-order valence-electron chi connectivity index (χ4n) is 4.13. The van der Waals surface area contributed by atoms with Crippen molar-refractivity contribution in [2.75, 3.05) is 13.2 Å². The average molecular weight is 446 g/mol. The number of fused-ring (bicyclic) bond motifs is 3. The second kappa shape index (κ2) is 7.47. The van der Waals surface area contributed by atoms with Gasteiger partial charge in [-0.25, -0.2) is 13.9 Å². The van der Waals surface area contributed by atoms with E-state index < -0.39 is 6.09 Å². The van der Waals surface area contributed by atoms with Crippen LogP contribution in [0.5, 0.6) is 17.4 Å². The van der Waals surface area contributed by atoms with Gasteiger partial charge in [-0.2, -0.15) is 10.1 Å². The van der Waals surface area contributed by atoms with Crippen LogP contribution in [-0.4, -0.2) is 45.0 Å². The van der Waals surface area contributed by atoms with Crippen LogP contribution in [0.15, 0.2) is 54.6 Å². The number of halogens is 1. The van der Waals surface area contributed by atoms with E-state index in [0.717, 1.165) is 16.6 Å². The Kier molecular flexibility index (Phi) is 4.42. The number of rotatable bonds is 3. The summed E-state index contributed by atoms with van der Waals surface area (Å²) in [6.45, 7) is 2.88. The van der Waals surface area contributed by atoms with Crippen molar-refractivity contribution < 1.29 is 23.4 Å². The fourth-order valence-corrected chi connectivity index (χ4v) is 4.13. The standard InChI is InChI=1S/C24H19FN4O4/c1-14-19-10-15-11-28(12-18-13-31-20-4-2-3-5-21(20)32-18)24(30)33-23(15)26-22(19)29(27-14)17-8-6-16(25)7-9-17/h2-10,18H,11-13H2,1H3. The Hall–Kier alpha value is -4.14. The van der Waals surface area contributed by atoms with Gasteiger partial charge in [-0.15, -0.1) is 0 Å². The lowest BCUT2D eigenvalue weighted by molar-refractivity contribution is 0.0528. The second-order valence-electron chi connectivity index (χ2n) is 8.04. The van der Waals surface area contributed by atoms with E-state index in [0.29, 0.717) is 42.5 Å². The number of amides is 1. The van der Waals surface area contributed by atoms with Gasteiger partial charge in [-0.3, -0.25) is 4.90 Å². The smallest absolute Gasteiger partial charge is 0.417 e. The lowest BCUT2D eigenvalue weighted by Gasteiger charge is -2.32. The summed E-state index contributed by atoms with van der Waals surface area (Å²) in [5, 5.41) is 5.39. The van der Waals surface area contributed by atoms with Gasteiger partial charge >= 0.3 is 6.09 Å². The number of ether oxygens (including phenoxy) is 3. The molecular weight excluding hydrogens is 427 g/mol. The van der Waals surface area contributed by atoms with Crippen LogP contribution in [-0.2, 0) is 6.54 Å². The van der Waals surface area contributed by atoms with Gasteiger partial charge in [0.15, 0.2) is 23.3 Å². The van der Waals surface area contributed by atoms with Crippen molar-refractivity contribution in [3.63, 3.8) is 0 Å². The zero-order valence-corrected chi connectivity index (χ0v) is 17.7. The van der Waals surface area contributed by atoms with Crippen molar-refractivity contribution in [1.29, 1.82) is 0 Å². The summed E-state index contributed by atoms with van der Waals surface area (Å²) < 4.78 is 32.3. The number of pyridine rings is 1. The van der Waals surface area contributed by atoms with Gasteiger partial charge < -0.3 is 14.2 Å². The van der Waals surface area contributed by atoms with Crippen molar-refractivity contribution in [2.24, 2.45) is 0 Å². The highest BCUT2D eigenvalue weighted by molar-refractivity contribution is 5.83. The van der Waals surface area contributed by atoms with E-state index in [4.69, 9.17) is 14.2 Å². The topological polar surface area (TPSA) is 78.7 Å². The number of carbonyl (C=O) groups excluding carboxylic acids is 1. The highest BCUT2D eigenvalue weighted by Gasteiger charge is 2.32. The summed E-state index contributed by atoms with van der Waals surface area (Å²) in [6.07, 6.45) is -0.810. The maximum atomic E-state index is 13.3. The van der Waals surface area contributed by atoms with Crippen LogP contribution in [0.1, 0.15) is 11.3 Å². The predicted molar refractivity (Wildman–Crippen MR) is 116 cm³/mol. The van der Waals surface area contributed by atoms with E-state index in [1.807, 2.05) is 37.3 Å². The minimum atomic E-state index is -0.499. The molecule has 2 aliphatic rings. The minimum absolute atomic E-state index is 0.248. The molecule has 2 aliphatic heterocycles. The lowest BCUT2D eigenvalue weighted by Crippen LogP contribution is -2.46. The molecule has 9 heteroatoms. The lowest BCUT2D eigenvalue weighted by atomic mass is 10.1. The largest absolute Gasteiger partial charge is 0.486 e. The maximum absolute atomic E-state index is 13.3. The van der Waals surface area contributed by atoms with Crippen LogP contribution >= 0.6 is 0 Å².